The van der Waals surface area contributed by atoms with Crippen LogP contribution >= 0.6 is 0 Å². The molecule has 0 aromatic rings. The minimum Gasteiger partial charge on any atom is -0.457 e. The van der Waals surface area contributed by atoms with Crippen molar-refractivity contribution in [3.05, 3.63) is 72.9 Å². The molecule has 14 nitrogen and oxygen atoms in total. The molecule has 0 aromatic carbocycles. The summed E-state index contributed by atoms with van der Waals surface area (Å²) in [7, 11) is 0. The van der Waals surface area contributed by atoms with Crippen LogP contribution in [0.1, 0.15) is 213 Å². The Hall–Kier alpha value is -2.57. The Kier molecular flexibility index (Phi) is 44.2. The largest absolute Gasteiger partial charge is 0.457 e. The lowest BCUT2D eigenvalue weighted by Gasteiger charge is -2.42. The minimum atomic E-state index is -1.71. The van der Waals surface area contributed by atoms with E-state index in [4.69, 9.17) is 28.4 Å². The number of allylic oxidation sites excluding steroid dienone is 12. The molecule has 0 amide bonds. The van der Waals surface area contributed by atoms with Crippen molar-refractivity contribution in [1.29, 1.82) is 0 Å². The van der Waals surface area contributed by atoms with Crippen LogP contribution in [-0.4, -0.2) is 142 Å². The van der Waals surface area contributed by atoms with Crippen LogP contribution in [0.4, 0.5) is 0 Å². The van der Waals surface area contributed by atoms with Gasteiger partial charge in [0.2, 0.25) is 0 Å². The van der Waals surface area contributed by atoms with Gasteiger partial charge >= 0.3 is 5.97 Å². The van der Waals surface area contributed by atoms with Gasteiger partial charge in [-0.2, -0.15) is 0 Å². The summed E-state index contributed by atoms with van der Waals surface area (Å²) < 4.78 is 34.4. The maximum Gasteiger partial charge on any atom is 0.306 e. The predicted octanol–water partition coefficient (Wildman–Crippen LogP) is 11.0. The molecule has 2 fully saturated rings. The molecule has 0 bridgehead atoms. The highest BCUT2D eigenvalue weighted by Crippen LogP contribution is 2.27. The topological polar surface area (TPSA) is 214 Å². The van der Waals surface area contributed by atoms with Crippen LogP contribution in [0.5, 0.6) is 0 Å². The first-order chi connectivity index (χ1) is 37.1. The van der Waals surface area contributed by atoms with Crippen LogP contribution < -0.4 is 0 Å². The molecule has 2 rings (SSSR count). The normalized spacial score (nSPS) is 25.0. The Morgan fingerprint density at radius 2 is 0.855 bits per heavy atom. The fourth-order valence-corrected chi connectivity index (χ4v) is 9.17. The third kappa shape index (κ3) is 34.4. The van der Waals surface area contributed by atoms with E-state index in [1.165, 1.54) is 89.9 Å². The van der Waals surface area contributed by atoms with Crippen LogP contribution in [0.25, 0.3) is 0 Å². The molecular weight excluding hydrogens is 969 g/mol. The van der Waals surface area contributed by atoms with Crippen LogP contribution in [-0.2, 0) is 33.2 Å². The summed E-state index contributed by atoms with van der Waals surface area (Å²) in [6, 6.07) is 0. The average Bonchev–Trinajstić information content (AvgIpc) is 3.42. The molecule has 2 saturated heterocycles. The number of aliphatic hydroxyl groups is 7. The molecule has 440 valence electrons. The predicted molar refractivity (Wildman–Crippen MR) is 302 cm³/mol. The summed E-state index contributed by atoms with van der Waals surface area (Å²) in [5.41, 5.74) is 0. The number of hydrogen-bond donors (Lipinski definition) is 7. The summed E-state index contributed by atoms with van der Waals surface area (Å²) in [5.74, 6) is -0.390. The van der Waals surface area contributed by atoms with Crippen molar-refractivity contribution < 1.29 is 69.0 Å². The molecule has 2 heterocycles. The highest BCUT2D eigenvalue weighted by molar-refractivity contribution is 5.69. The summed E-state index contributed by atoms with van der Waals surface area (Å²) in [6.45, 7) is 3.58. The molecule has 7 N–H and O–H groups in total. The Balaban J connectivity index is 1.71. The zero-order valence-electron chi connectivity index (χ0n) is 47.2. The van der Waals surface area contributed by atoms with Gasteiger partial charge in [0, 0.05) is 13.0 Å². The van der Waals surface area contributed by atoms with Crippen LogP contribution in [0.15, 0.2) is 72.9 Å². The lowest BCUT2D eigenvalue weighted by Crippen LogP contribution is -2.61. The number of aliphatic hydroxyl groups excluding tert-OH is 7. The van der Waals surface area contributed by atoms with Gasteiger partial charge < -0.3 is 64.2 Å². The number of ether oxygens (including phenoxy) is 6. The van der Waals surface area contributed by atoms with E-state index in [1.54, 1.807) is 0 Å². The molecule has 2 aliphatic heterocycles. The molecule has 0 aliphatic carbocycles. The summed E-state index contributed by atoms with van der Waals surface area (Å²) in [5, 5.41) is 72.4. The maximum absolute atomic E-state index is 13.1. The second kappa shape index (κ2) is 48.3. The Labute approximate surface area is 459 Å². The lowest BCUT2D eigenvalue weighted by molar-refractivity contribution is -0.332. The highest BCUT2D eigenvalue weighted by Gasteiger charge is 2.47. The Bertz CT molecular complexity index is 1530. The molecular formula is C62H108O14. The van der Waals surface area contributed by atoms with Crippen molar-refractivity contribution in [1.82, 2.24) is 0 Å². The van der Waals surface area contributed by atoms with Gasteiger partial charge in [0.15, 0.2) is 12.6 Å². The summed E-state index contributed by atoms with van der Waals surface area (Å²) in [4.78, 5) is 13.1. The third-order valence-electron chi connectivity index (χ3n) is 14.0. The van der Waals surface area contributed by atoms with E-state index in [0.717, 1.165) is 96.3 Å². The molecule has 2 aliphatic rings. The zero-order valence-corrected chi connectivity index (χ0v) is 47.2. The number of carbonyl (C=O) groups is 1. The van der Waals surface area contributed by atoms with E-state index >= 15 is 0 Å². The van der Waals surface area contributed by atoms with E-state index in [9.17, 15) is 40.5 Å². The first-order valence-electron chi connectivity index (χ1n) is 30.0. The van der Waals surface area contributed by atoms with Gasteiger partial charge in [-0.15, -0.1) is 0 Å². The Morgan fingerprint density at radius 1 is 0.447 bits per heavy atom. The second-order valence-electron chi connectivity index (χ2n) is 20.8. The number of unbranched alkanes of at least 4 members (excludes halogenated alkanes) is 22. The molecule has 0 aromatic heterocycles. The van der Waals surface area contributed by atoms with Crippen molar-refractivity contribution in [2.75, 3.05) is 33.0 Å². The lowest BCUT2D eigenvalue weighted by atomic mass is 9.98. The van der Waals surface area contributed by atoms with Crippen LogP contribution in [0.2, 0.25) is 0 Å². The van der Waals surface area contributed by atoms with Crippen molar-refractivity contribution in [2.24, 2.45) is 0 Å². The average molecular weight is 1080 g/mol. The first kappa shape index (κ1) is 69.5. The van der Waals surface area contributed by atoms with E-state index in [2.05, 4.69) is 86.8 Å². The third-order valence-corrected chi connectivity index (χ3v) is 14.0. The van der Waals surface area contributed by atoms with Crippen molar-refractivity contribution in [3.8, 4) is 0 Å². The van der Waals surface area contributed by atoms with Gasteiger partial charge in [0.05, 0.1) is 26.4 Å². The van der Waals surface area contributed by atoms with E-state index in [1.807, 2.05) is 0 Å². The van der Waals surface area contributed by atoms with Gasteiger partial charge in [-0.1, -0.05) is 215 Å². The van der Waals surface area contributed by atoms with Gasteiger partial charge in [0.25, 0.3) is 0 Å². The number of esters is 1. The monoisotopic (exact) mass is 1080 g/mol. The molecule has 76 heavy (non-hydrogen) atoms. The van der Waals surface area contributed by atoms with Gasteiger partial charge in [-0.05, 0) is 64.2 Å². The highest BCUT2D eigenvalue weighted by atomic mass is 16.7. The zero-order chi connectivity index (χ0) is 55.1. The molecule has 0 saturated carbocycles. The number of hydrogen-bond acceptors (Lipinski definition) is 14. The van der Waals surface area contributed by atoms with Gasteiger partial charge in [0.1, 0.15) is 54.9 Å². The minimum absolute atomic E-state index is 0.0546. The van der Waals surface area contributed by atoms with Crippen molar-refractivity contribution in [3.63, 3.8) is 0 Å². The maximum atomic E-state index is 13.1. The van der Waals surface area contributed by atoms with Crippen molar-refractivity contribution >= 4 is 5.97 Å². The van der Waals surface area contributed by atoms with Gasteiger partial charge in [-0.25, -0.2) is 0 Å². The summed E-state index contributed by atoms with van der Waals surface area (Å²) >= 11 is 0. The van der Waals surface area contributed by atoms with Crippen LogP contribution in [0, 0.1) is 0 Å². The standard InChI is InChI=1S/C62H108O14/c1-3-5-7-9-11-13-15-17-19-21-22-23-24-25-26-27-28-29-31-33-35-37-39-41-43-45-54(64)74-51(48-71-46-44-42-40-38-36-34-32-30-20-18-16-14-12-10-8-6-4-2)49-72-61-60(70)58(68)56(66)53(76-61)50-73-62-59(69)57(67)55(65)52(47-63)75-62/h5,7,11,13,17,19,22-23,25-26,28-29,51-53,55-63,65-70H,3-4,6,8-10,12,14-16,18,20-21,24,27,30-50H2,1-2H3/b7-5-,13-11-,19-17-,23-22-,26-25-,29-28-. The molecule has 0 spiro atoms. The number of carbonyl (C=O) groups excluding carboxylic acids is 1. The molecule has 0 radical (unpaired) electrons. The SMILES string of the molecule is CC/C=C\C/C=C\C/C=C\C/C=C\C/C=C\C/C=C\CCCCCCCCC(=O)OC(COCCCCCCCCCCCCCCCCCCC)COC1OC(COC2OC(CO)C(O)C(O)C2O)C(O)C(O)C1O. The van der Waals surface area contributed by atoms with E-state index < -0.39 is 80.7 Å². The fourth-order valence-electron chi connectivity index (χ4n) is 9.17. The smallest absolute Gasteiger partial charge is 0.306 e. The first-order valence-corrected chi connectivity index (χ1v) is 30.0. The molecule has 14 heteroatoms. The Morgan fingerprint density at radius 3 is 1.34 bits per heavy atom. The quantitative estimate of drug-likeness (QED) is 0.0172. The molecule has 11 atom stereocenters. The summed E-state index contributed by atoms with van der Waals surface area (Å²) in [6.07, 6.45) is 45.3. The van der Waals surface area contributed by atoms with Crippen LogP contribution in [0.3, 0.4) is 0 Å². The second-order valence-corrected chi connectivity index (χ2v) is 20.8. The van der Waals surface area contributed by atoms with Gasteiger partial charge in [-0.3, -0.25) is 4.79 Å². The van der Waals surface area contributed by atoms with Crippen molar-refractivity contribution in [2.45, 2.75) is 280 Å². The number of rotatable bonds is 48. The van der Waals surface area contributed by atoms with E-state index in [-0.39, 0.29) is 25.6 Å². The fraction of sp³-hybridized carbons (Fsp3) is 0.790. The van der Waals surface area contributed by atoms with E-state index in [0.29, 0.717) is 13.0 Å². The molecule has 11 unspecified atom stereocenters.